The highest BCUT2D eigenvalue weighted by Crippen LogP contribution is 2.16. The van der Waals surface area contributed by atoms with Gasteiger partial charge >= 0.3 is 0 Å². The second-order valence-corrected chi connectivity index (χ2v) is 5.00. The third-order valence-electron chi connectivity index (χ3n) is 3.62. The molecule has 2 aliphatic rings. The zero-order chi connectivity index (χ0) is 12.1. The molecule has 2 saturated heterocycles. The molecule has 5 nitrogen and oxygen atoms in total. The van der Waals surface area contributed by atoms with Crippen LogP contribution in [0.2, 0.25) is 0 Å². The molecule has 2 heterocycles. The van der Waals surface area contributed by atoms with Gasteiger partial charge in [0.2, 0.25) is 5.91 Å². The van der Waals surface area contributed by atoms with Gasteiger partial charge in [-0.25, -0.2) is 0 Å². The van der Waals surface area contributed by atoms with Crippen molar-refractivity contribution in [3.05, 3.63) is 0 Å². The third kappa shape index (κ3) is 4.39. The summed E-state index contributed by atoms with van der Waals surface area (Å²) in [5.41, 5.74) is 0. The summed E-state index contributed by atoms with van der Waals surface area (Å²) in [6.07, 6.45) is 2.48. The molecule has 18 heavy (non-hydrogen) atoms. The molecule has 0 aromatic carbocycles. The van der Waals surface area contributed by atoms with E-state index >= 15 is 0 Å². The van der Waals surface area contributed by atoms with Crippen molar-refractivity contribution in [2.75, 3.05) is 53.1 Å². The number of amides is 1. The Bertz CT molecular complexity index is 260. The van der Waals surface area contributed by atoms with Crippen molar-refractivity contribution in [2.24, 2.45) is 5.92 Å². The molecule has 0 aliphatic carbocycles. The van der Waals surface area contributed by atoms with E-state index in [0.717, 1.165) is 38.8 Å². The lowest BCUT2D eigenvalue weighted by molar-refractivity contribution is -0.127. The smallest absolute Gasteiger partial charge is 0.237 e. The second-order valence-electron chi connectivity index (χ2n) is 5.00. The topological polar surface area (TPSA) is 44.8 Å². The highest BCUT2D eigenvalue weighted by Gasteiger charge is 2.28. The molecule has 0 aromatic rings. The monoisotopic (exact) mass is 277 g/mol. The average Bonchev–Trinajstić information content (AvgIpc) is 2.68. The lowest BCUT2D eigenvalue weighted by Crippen LogP contribution is -2.36. The Hall–Kier alpha value is -0.360. The van der Waals surface area contributed by atoms with Crippen molar-refractivity contribution in [1.29, 1.82) is 0 Å². The summed E-state index contributed by atoms with van der Waals surface area (Å²) in [4.78, 5) is 15.9. The standard InChI is InChI=1S/C12H23N3O2.ClH/c1-17-7-6-15-10-14(9-12(15)16)8-11-2-4-13-5-3-11;/h11,13H,2-10H2,1H3;1H. The summed E-state index contributed by atoms with van der Waals surface area (Å²) < 4.78 is 5.02. The molecule has 0 spiro atoms. The number of halogens is 1. The fraction of sp³-hybridized carbons (Fsp3) is 0.917. The highest BCUT2D eigenvalue weighted by atomic mass is 35.5. The van der Waals surface area contributed by atoms with E-state index in [1.807, 2.05) is 4.90 Å². The minimum Gasteiger partial charge on any atom is -0.383 e. The highest BCUT2D eigenvalue weighted by molar-refractivity contribution is 5.85. The molecule has 6 heteroatoms. The maximum absolute atomic E-state index is 11.7. The molecule has 2 fully saturated rings. The summed E-state index contributed by atoms with van der Waals surface area (Å²) >= 11 is 0. The Kier molecular flexibility index (Phi) is 6.92. The zero-order valence-electron chi connectivity index (χ0n) is 11.1. The van der Waals surface area contributed by atoms with Gasteiger partial charge in [0.25, 0.3) is 0 Å². The molecule has 0 radical (unpaired) electrons. The number of piperidine rings is 1. The van der Waals surface area contributed by atoms with Gasteiger partial charge in [0.05, 0.1) is 19.8 Å². The second kappa shape index (κ2) is 7.94. The van der Waals surface area contributed by atoms with Crippen molar-refractivity contribution in [3.63, 3.8) is 0 Å². The molecule has 1 amide bonds. The van der Waals surface area contributed by atoms with E-state index in [2.05, 4.69) is 10.2 Å². The number of rotatable bonds is 5. The van der Waals surface area contributed by atoms with E-state index in [9.17, 15) is 4.79 Å². The van der Waals surface area contributed by atoms with Crippen LogP contribution in [-0.2, 0) is 9.53 Å². The predicted molar refractivity (Wildman–Crippen MR) is 72.9 cm³/mol. The minimum absolute atomic E-state index is 0. The maximum Gasteiger partial charge on any atom is 0.237 e. The fourth-order valence-corrected chi connectivity index (χ4v) is 2.61. The van der Waals surface area contributed by atoms with Gasteiger partial charge in [-0.3, -0.25) is 9.69 Å². The number of ether oxygens (including phenoxy) is 1. The molecule has 2 rings (SSSR count). The number of nitrogens with one attached hydrogen (secondary N) is 1. The Balaban J connectivity index is 0.00000162. The van der Waals surface area contributed by atoms with Gasteiger partial charge in [0.1, 0.15) is 0 Å². The Labute approximate surface area is 115 Å². The molecule has 106 valence electrons. The minimum atomic E-state index is 0. The van der Waals surface area contributed by atoms with Crippen LogP contribution < -0.4 is 5.32 Å². The molecule has 2 aliphatic heterocycles. The first kappa shape index (κ1) is 15.7. The van der Waals surface area contributed by atoms with E-state index in [4.69, 9.17) is 4.74 Å². The van der Waals surface area contributed by atoms with Gasteiger partial charge in [-0.05, 0) is 31.8 Å². The lowest BCUT2D eigenvalue weighted by atomic mass is 9.98. The largest absolute Gasteiger partial charge is 0.383 e. The van der Waals surface area contributed by atoms with Crippen LogP contribution in [0.3, 0.4) is 0 Å². The molecule has 1 N–H and O–H groups in total. The van der Waals surface area contributed by atoms with Crippen LogP contribution in [0.1, 0.15) is 12.8 Å². The van der Waals surface area contributed by atoms with Crippen molar-refractivity contribution in [1.82, 2.24) is 15.1 Å². The van der Waals surface area contributed by atoms with E-state index in [0.29, 0.717) is 13.2 Å². The van der Waals surface area contributed by atoms with Crippen LogP contribution in [0.15, 0.2) is 0 Å². The molecule has 0 bridgehead atoms. The zero-order valence-corrected chi connectivity index (χ0v) is 11.9. The van der Waals surface area contributed by atoms with Gasteiger partial charge in [0, 0.05) is 20.2 Å². The summed E-state index contributed by atoms with van der Waals surface area (Å²) in [5.74, 6) is 1.00. The van der Waals surface area contributed by atoms with Crippen molar-refractivity contribution in [3.8, 4) is 0 Å². The number of methoxy groups -OCH3 is 1. The summed E-state index contributed by atoms with van der Waals surface area (Å²) in [7, 11) is 1.67. The molecule has 0 saturated carbocycles. The Morgan fingerprint density at radius 1 is 1.39 bits per heavy atom. The molecule has 0 unspecified atom stereocenters. The van der Waals surface area contributed by atoms with Crippen LogP contribution in [0, 0.1) is 5.92 Å². The van der Waals surface area contributed by atoms with Crippen LogP contribution in [0.4, 0.5) is 0 Å². The van der Waals surface area contributed by atoms with Crippen molar-refractivity contribution >= 4 is 18.3 Å². The molecule has 0 aromatic heterocycles. The number of carbonyl (C=O) groups excluding carboxylic acids is 1. The van der Waals surface area contributed by atoms with Crippen molar-refractivity contribution in [2.45, 2.75) is 12.8 Å². The maximum atomic E-state index is 11.7. The molecular formula is C12H24ClN3O2. The normalized spacial score (nSPS) is 22.3. The summed E-state index contributed by atoms with van der Waals surface area (Å²) in [6.45, 7) is 6.04. The van der Waals surface area contributed by atoms with E-state index in [1.165, 1.54) is 12.8 Å². The Morgan fingerprint density at radius 3 is 2.78 bits per heavy atom. The average molecular weight is 278 g/mol. The van der Waals surface area contributed by atoms with E-state index in [1.54, 1.807) is 7.11 Å². The van der Waals surface area contributed by atoms with Gasteiger partial charge in [-0.1, -0.05) is 0 Å². The fourth-order valence-electron chi connectivity index (χ4n) is 2.61. The number of carbonyl (C=O) groups is 1. The van der Waals surface area contributed by atoms with Gasteiger partial charge < -0.3 is 15.0 Å². The van der Waals surface area contributed by atoms with Crippen LogP contribution in [0.5, 0.6) is 0 Å². The van der Waals surface area contributed by atoms with Crippen LogP contribution >= 0.6 is 12.4 Å². The first-order valence-corrected chi connectivity index (χ1v) is 6.49. The van der Waals surface area contributed by atoms with Gasteiger partial charge in [-0.15, -0.1) is 12.4 Å². The Morgan fingerprint density at radius 2 is 2.11 bits per heavy atom. The van der Waals surface area contributed by atoms with Crippen LogP contribution in [0.25, 0.3) is 0 Å². The van der Waals surface area contributed by atoms with Crippen molar-refractivity contribution < 1.29 is 9.53 Å². The number of nitrogens with zero attached hydrogens (tertiary/aromatic N) is 2. The quantitative estimate of drug-likeness (QED) is 0.777. The first-order valence-electron chi connectivity index (χ1n) is 6.49. The van der Waals surface area contributed by atoms with E-state index < -0.39 is 0 Å². The van der Waals surface area contributed by atoms with Crippen LogP contribution in [-0.4, -0.2) is 68.8 Å². The first-order chi connectivity index (χ1) is 8.29. The number of hydrogen-bond donors (Lipinski definition) is 1. The predicted octanol–water partition coefficient (Wildman–Crippen LogP) is 0.156. The summed E-state index contributed by atoms with van der Waals surface area (Å²) in [5, 5.41) is 3.37. The van der Waals surface area contributed by atoms with E-state index in [-0.39, 0.29) is 18.3 Å². The van der Waals surface area contributed by atoms with Gasteiger partial charge in [-0.2, -0.15) is 0 Å². The SMILES string of the molecule is COCCN1CN(CC2CCNCC2)CC1=O.Cl. The van der Waals surface area contributed by atoms with Gasteiger partial charge in [0.15, 0.2) is 0 Å². The molecule has 0 atom stereocenters. The molecular weight excluding hydrogens is 254 g/mol. The summed E-state index contributed by atoms with van der Waals surface area (Å²) in [6, 6.07) is 0. The lowest BCUT2D eigenvalue weighted by Gasteiger charge is -2.26. The third-order valence-corrected chi connectivity index (χ3v) is 3.62. The number of hydrogen-bond acceptors (Lipinski definition) is 4.